The molecule has 106 valence electrons. The van der Waals surface area contributed by atoms with Crippen LogP contribution in [0.4, 0.5) is 10.5 Å². The van der Waals surface area contributed by atoms with Crippen molar-refractivity contribution in [1.29, 1.82) is 0 Å². The highest BCUT2D eigenvalue weighted by Gasteiger charge is 2.18. The minimum Gasteiger partial charge on any atom is -0.449 e. The number of benzene rings is 2. The molecule has 2 aromatic rings. The van der Waals surface area contributed by atoms with Crippen LogP contribution in [0.15, 0.2) is 42.5 Å². The molecular formula is C16H18BrNO2. The highest BCUT2D eigenvalue weighted by Crippen LogP contribution is 2.23. The van der Waals surface area contributed by atoms with Crippen molar-refractivity contribution in [2.45, 2.75) is 13.8 Å². The summed E-state index contributed by atoms with van der Waals surface area (Å²) in [5.41, 5.74) is 0.695. The van der Waals surface area contributed by atoms with Crippen molar-refractivity contribution in [3.63, 3.8) is 0 Å². The average Bonchev–Trinajstić information content (AvgIpc) is 2.46. The third-order valence-corrected chi connectivity index (χ3v) is 4.50. The molecule has 1 N–H and O–H groups in total. The number of ether oxygens (including phenoxy) is 1. The summed E-state index contributed by atoms with van der Waals surface area (Å²) in [6.07, 6.45) is -0.421. The molecule has 0 radical (unpaired) electrons. The summed E-state index contributed by atoms with van der Waals surface area (Å²) < 4.78 is 5.27. The van der Waals surface area contributed by atoms with E-state index >= 15 is 0 Å². The highest BCUT2D eigenvalue weighted by molar-refractivity contribution is 9.09. The van der Waals surface area contributed by atoms with Gasteiger partial charge in [0, 0.05) is 16.1 Å². The third kappa shape index (κ3) is 3.73. The Labute approximate surface area is 127 Å². The standard InChI is InChI=1S/C16H18BrNO2/c1-16(2,10-17)11-20-15(19)18-14-9-5-7-12-6-3-4-8-13(12)14/h3-9H,10-11H2,1-2H3,(H,18,19). The van der Waals surface area contributed by atoms with Gasteiger partial charge in [-0.25, -0.2) is 4.79 Å². The van der Waals surface area contributed by atoms with Gasteiger partial charge in [0.25, 0.3) is 0 Å². The SMILES string of the molecule is CC(C)(CBr)COC(=O)Nc1cccc2ccccc12. The summed E-state index contributed by atoms with van der Waals surface area (Å²) in [7, 11) is 0. The number of hydrogen-bond donors (Lipinski definition) is 1. The number of anilines is 1. The topological polar surface area (TPSA) is 38.3 Å². The number of amides is 1. The Hall–Kier alpha value is -1.55. The van der Waals surface area contributed by atoms with Crippen LogP contribution in [-0.2, 0) is 4.74 Å². The van der Waals surface area contributed by atoms with E-state index in [-0.39, 0.29) is 5.41 Å². The minimum atomic E-state index is -0.421. The van der Waals surface area contributed by atoms with Crippen molar-refractivity contribution in [3.8, 4) is 0 Å². The number of hydrogen-bond acceptors (Lipinski definition) is 2. The van der Waals surface area contributed by atoms with Crippen LogP contribution in [-0.4, -0.2) is 18.0 Å². The first kappa shape index (κ1) is 14.9. The number of alkyl halides is 1. The van der Waals surface area contributed by atoms with Crippen LogP contribution < -0.4 is 5.32 Å². The molecule has 0 bridgehead atoms. The molecule has 0 aliphatic carbocycles. The van der Waals surface area contributed by atoms with Gasteiger partial charge in [0.15, 0.2) is 0 Å². The number of halogens is 1. The molecule has 4 heteroatoms. The predicted octanol–water partition coefficient (Wildman–Crippen LogP) is 4.81. The fraction of sp³-hybridized carbons (Fsp3) is 0.312. The summed E-state index contributed by atoms with van der Waals surface area (Å²) in [5, 5.41) is 5.68. The molecular weight excluding hydrogens is 318 g/mol. The monoisotopic (exact) mass is 335 g/mol. The van der Waals surface area contributed by atoms with Gasteiger partial charge < -0.3 is 4.74 Å². The van der Waals surface area contributed by atoms with E-state index in [4.69, 9.17) is 4.74 Å². The summed E-state index contributed by atoms with van der Waals surface area (Å²) in [5.74, 6) is 0. The van der Waals surface area contributed by atoms with Crippen molar-refractivity contribution in [2.75, 3.05) is 17.3 Å². The van der Waals surface area contributed by atoms with E-state index in [9.17, 15) is 4.79 Å². The molecule has 2 aromatic carbocycles. The zero-order valence-corrected chi connectivity index (χ0v) is 13.2. The maximum atomic E-state index is 11.9. The Morgan fingerprint density at radius 2 is 1.90 bits per heavy atom. The lowest BCUT2D eigenvalue weighted by Gasteiger charge is -2.21. The Bertz CT molecular complexity index is 605. The summed E-state index contributed by atoms with van der Waals surface area (Å²) in [4.78, 5) is 11.9. The zero-order valence-electron chi connectivity index (χ0n) is 11.7. The smallest absolute Gasteiger partial charge is 0.411 e. The summed E-state index contributed by atoms with van der Waals surface area (Å²) >= 11 is 3.41. The van der Waals surface area contributed by atoms with Gasteiger partial charge >= 0.3 is 6.09 Å². The van der Waals surface area contributed by atoms with Crippen LogP contribution in [0, 0.1) is 5.41 Å². The van der Waals surface area contributed by atoms with E-state index in [2.05, 4.69) is 21.2 Å². The molecule has 0 aliphatic heterocycles. The molecule has 0 fully saturated rings. The maximum Gasteiger partial charge on any atom is 0.411 e. The zero-order chi connectivity index (χ0) is 14.6. The largest absolute Gasteiger partial charge is 0.449 e. The number of carbonyl (C=O) groups is 1. The Balaban J connectivity index is 2.07. The Morgan fingerprint density at radius 1 is 1.20 bits per heavy atom. The second-order valence-corrected chi connectivity index (χ2v) is 6.09. The quantitative estimate of drug-likeness (QED) is 0.814. The molecule has 20 heavy (non-hydrogen) atoms. The second-order valence-electron chi connectivity index (χ2n) is 5.53. The summed E-state index contributed by atoms with van der Waals surface area (Å²) in [6, 6.07) is 13.7. The normalized spacial score (nSPS) is 11.3. The maximum absolute atomic E-state index is 11.9. The van der Waals surface area contributed by atoms with Gasteiger partial charge in [-0.2, -0.15) is 0 Å². The number of rotatable bonds is 4. The summed E-state index contributed by atoms with van der Waals surface area (Å²) in [6.45, 7) is 4.44. The fourth-order valence-electron chi connectivity index (χ4n) is 1.78. The van der Waals surface area contributed by atoms with Crippen LogP contribution in [0.1, 0.15) is 13.8 Å². The molecule has 3 nitrogen and oxygen atoms in total. The Kier molecular flexibility index (Phi) is 4.65. The van der Waals surface area contributed by atoms with Gasteiger partial charge in [-0.15, -0.1) is 0 Å². The molecule has 0 aromatic heterocycles. The van der Waals surface area contributed by atoms with Crippen LogP contribution in [0.25, 0.3) is 10.8 Å². The van der Waals surface area contributed by atoms with E-state index in [1.165, 1.54) is 0 Å². The molecule has 0 spiro atoms. The van der Waals surface area contributed by atoms with Gasteiger partial charge in [0.2, 0.25) is 0 Å². The van der Waals surface area contributed by atoms with E-state index in [1.807, 2.05) is 56.3 Å². The van der Waals surface area contributed by atoms with Crippen molar-refractivity contribution in [1.82, 2.24) is 0 Å². The molecule has 0 unspecified atom stereocenters. The lowest BCUT2D eigenvalue weighted by molar-refractivity contribution is 0.121. The van der Waals surface area contributed by atoms with Crippen LogP contribution in [0.3, 0.4) is 0 Å². The van der Waals surface area contributed by atoms with Crippen molar-refractivity contribution in [2.24, 2.45) is 5.41 Å². The van der Waals surface area contributed by atoms with Crippen molar-refractivity contribution < 1.29 is 9.53 Å². The van der Waals surface area contributed by atoms with Gasteiger partial charge in [-0.3, -0.25) is 5.32 Å². The highest BCUT2D eigenvalue weighted by atomic mass is 79.9. The molecule has 1 amide bonds. The molecule has 0 atom stereocenters. The van der Waals surface area contributed by atoms with Crippen molar-refractivity contribution >= 4 is 38.5 Å². The van der Waals surface area contributed by atoms with E-state index in [1.54, 1.807) is 0 Å². The predicted molar refractivity (Wildman–Crippen MR) is 86.5 cm³/mol. The first-order valence-corrected chi connectivity index (χ1v) is 7.61. The first-order chi connectivity index (χ1) is 9.52. The minimum absolute atomic E-state index is 0.0733. The lowest BCUT2D eigenvalue weighted by atomic mass is 9.99. The fourth-order valence-corrected chi connectivity index (χ4v) is 1.94. The van der Waals surface area contributed by atoms with Crippen LogP contribution >= 0.6 is 15.9 Å². The molecule has 2 rings (SSSR count). The van der Waals surface area contributed by atoms with Gasteiger partial charge in [0.1, 0.15) is 0 Å². The second kappa shape index (κ2) is 6.27. The average molecular weight is 336 g/mol. The number of carbonyl (C=O) groups excluding carboxylic acids is 1. The third-order valence-electron chi connectivity index (χ3n) is 2.98. The van der Waals surface area contributed by atoms with Gasteiger partial charge in [-0.1, -0.05) is 66.2 Å². The van der Waals surface area contributed by atoms with Crippen molar-refractivity contribution in [3.05, 3.63) is 42.5 Å². The lowest BCUT2D eigenvalue weighted by Crippen LogP contribution is -2.25. The number of fused-ring (bicyclic) bond motifs is 1. The molecule has 0 heterocycles. The Morgan fingerprint density at radius 3 is 2.65 bits per heavy atom. The first-order valence-electron chi connectivity index (χ1n) is 6.49. The van der Waals surface area contributed by atoms with Gasteiger partial charge in [0.05, 0.1) is 12.3 Å². The molecule has 0 saturated heterocycles. The van der Waals surface area contributed by atoms with E-state index in [0.29, 0.717) is 6.61 Å². The van der Waals surface area contributed by atoms with Crippen LogP contribution in [0.5, 0.6) is 0 Å². The number of nitrogens with one attached hydrogen (secondary N) is 1. The molecule has 0 aliphatic rings. The van der Waals surface area contributed by atoms with Crippen LogP contribution in [0.2, 0.25) is 0 Å². The van der Waals surface area contributed by atoms with Gasteiger partial charge in [-0.05, 0) is 11.5 Å². The molecule has 0 saturated carbocycles. The van der Waals surface area contributed by atoms with E-state index in [0.717, 1.165) is 21.8 Å². The van der Waals surface area contributed by atoms with E-state index < -0.39 is 6.09 Å².